The molecule has 0 aliphatic heterocycles. The Hall–Kier alpha value is -2.47. The van der Waals surface area contributed by atoms with Crippen molar-refractivity contribution in [1.29, 1.82) is 0 Å². The van der Waals surface area contributed by atoms with Gasteiger partial charge in [-0.25, -0.2) is 4.98 Å². The summed E-state index contributed by atoms with van der Waals surface area (Å²) in [5, 5.41) is 13.0. The van der Waals surface area contributed by atoms with Crippen LogP contribution in [0, 0.1) is 10.1 Å². The summed E-state index contributed by atoms with van der Waals surface area (Å²) in [5.41, 5.74) is -0.169. The van der Waals surface area contributed by atoms with E-state index in [0.29, 0.717) is 5.75 Å². The van der Waals surface area contributed by atoms with Crippen LogP contribution in [0.2, 0.25) is 0 Å². The lowest BCUT2D eigenvalue weighted by atomic mass is 10.1. The predicted molar refractivity (Wildman–Crippen MR) is 82.6 cm³/mol. The summed E-state index contributed by atoms with van der Waals surface area (Å²) in [5.74, 6) is 0.453. The van der Waals surface area contributed by atoms with Gasteiger partial charge in [0.25, 0.3) is 5.88 Å². The zero-order valence-electron chi connectivity index (χ0n) is 10.7. The normalized spacial score (nSPS) is 10.5. The molecule has 0 saturated heterocycles. The van der Waals surface area contributed by atoms with Gasteiger partial charge in [0.05, 0.1) is 9.40 Å². The molecule has 6 heteroatoms. The molecule has 0 aliphatic rings. The van der Waals surface area contributed by atoms with E-state index in [0.717, 1.165) is 15.2 Å². The van der Waals surface area contributed by atoms with Crippen molar-refractivity contribution in [3.63, 3.8) is 0 Å². The first-order valence-corrected chi connectivity index (χ1v) is 6.90. The van der Waals surface area contributed by atoms with Crippen LogP contribution in [-0.2, 0) is 0 Å². The SMILES string of the molecule is O=[N+]([O-])c1cccnc1Oc1ccc2ccccc2c1Br. The monoisotopic (exact) mass is 344 g/mol. The number of benzene rings is 2. The van der Waals surface area contributed by atoms with Crippen LogP contribution in [0.4, 0.5) is 5.69 Å². The van der Waals surface area contributed by atoms with Gasteiger partial charge in [-0.2, -0.15) is 0 Å². The first kappa shape index (κ1) is 13.5. The number of hydrogen-bond donors (Lipinski definition) is 0. The highest BCUT2D eigenvalue weighted by Crippen LogP contribution is 2.37. The summed E-state index contributed by atoms with van der Waals surface area (Å²) in [7, 11) is 0. The summed E-state index contributed by atoms with van der Waals surface area (Å²) in [6.45, 7) is 0. The van der Waals surface area contributed by atoms with Gasteiger partial charge in [-0.1, -0.05) is 30.3 Å². The summed E-state index contributed by atoms with van der Waals surface area (Å²) >= 11 is 3.48. The molecule has 2 aromatic carbocycles. The average Bonchev–Trinajstić information content (AvgIpc) is 2.51. The number of ether oxygens (including phenoxy) is 1. The van der Waals surface area contributed by atoms with Gasteiger partial charge in [0, 0.05) is 12.3 Å². The highest BCUT2D eigenvalue weighted by molar-refractivity contribution is 9.10. The summed E-state index contributed by atoms with van der Waals surface area (Å²) < 4.78 is 6.35. The molecule has 0 aliphatic carbocycles. The van der Waals surface area contributed by atoms with E-state index >= 15 is 0 Å². The Balaban J connectivity index is 2.07. The van der Waals surface area contributed by atoms with Crippen LogP contribution >= 0.6 is 15.9 Å². The zero-order chi connectivity index (χ0) is 14.8. The fourth-order valence-electron chi connectivity index (χ4n) is 2.00. The van der Waals surface area contributed by atoms with Gasteiger partial charge >= 0.3 is 5.69 Å². The van der Waals surface area contributed by atoms with Gasteiger partial charge in [-0.3, -0.25) is 10.1 Å². The molecule has 0 fully saturated rings. The summed E-state index contributed by atoms with van der Waals surface area (Å²) in [4.78, 5) is 14.4. The van der Waals surface area contributed by atoms with Crippen LogP contribution in [-0.4, -0.2) is 9.91 Å². The van der Waals surface area contributed by atoms with Crippen molar-refractivity contribution in [3.8, 4) is 11.6 Å². The lowest BCUT2D eigenvalue weighted by molar-refractivity contribution is -0.386. The molecule has 0 saturated carbocycles. The number of nitro groups is 1. The lowest BCUT2D eigenvalue weighted by Crippen LogP contribution is -1.96. The largest absolute Gasteiger partial charge is 0.432 e. The maximum atomic E-state index is 11.0. The molecule has 0 radical (unpaired) electrons. The van der Waals surface area contributed by atoms with Gasteiger partial charge in [0.1, 0.15) is 5.75 Å². The number of halogens is 1. The average molecular weight is 345 g/mol. The lowest BCUT2D eigenvalue weighted by Gasteiger charge is -2.09. The number of fused-ring (bicyclic) bond motifs is 1. The van der Waals surface area contributed by atoms with Crippen molar-refractivity contribution in [1.82, 2.24) is 4.98 Å². The van der Waals surface area contributed by atoms with Crippen molar-refractivity contribution < 1.29 is 9.66 Å². The molecule has 1 aromatic heterocycles. The minimum Gasteiger partial charge on any atom is -0.432 e. The molecule has 5 nitrogen and oxygen atoms in total. The first-order valence-electron chi connectivity index (χ1n) is 6.11. The second-order valence-corrected chi connectivity index (χ2v) is 5.08. The Bertz CT molecular complexity index is 836. The smallest absolute Gasteiger partial charge is 0.331 e. The van der Waals surface area contributed by atoms with Crippen LogP contribution < -0.4 is 4.74 Å². The van der Waals surface area contributed by atoms with Crippen molar-refractivity contribution in [3.05, 3.63) is 69.3 Å². The summed E-state index contributed by atoms with van der Waals surface area (Å²) in [6.07, 6.45) is 1.46. The molecular formula is C15H9BrN2O3. The van der Waals surface area contributed by atoms with Crippen LogP contribution in [0.1, 0.15) is 0 Å². The Morgan fingerprint density at radius 3 is 2.71 bits per heavy atom. The second-order valence-electron chi connectivity index (χ2n) is 4.29. The maximum absolute atomic E-state index is 11.0. The van der Waals surface area contributed by atoms with E-state index in [1.165, 1.54) is 18.3 Å². The highest BCUT2D eigenvalue weighted by atomic mass is 79.9. The van der Waals surface area contributed by atoms with E-state index in [9.17, 15) is 10.1 Å². The molecule has 0 bridgehead atoms. The van der Waals surface area contributed by atoms with Crippen LogP contribution in [0.25, 0.3) is 10.8 Å². The molecule has 0 unspecified atom stereocenters. The van der Waals surface area contributed by atoms with E-state index in [1.54, 1.807) is 6.07 Å². The van der Waals surface area contributed by atoms with Crippen molar-refractivity contribution in [2.24, 2.45) is 0 Å². The van der Waals surface area contributed by atoms with Crippen LogP contribution in [0.5, 0.6) is 11.6 Å². The predicted octanol–water partition coefficient (Wildman–Crippen LogP) is 4.70. The second kappa shape index (κ2) is 5.49. The Morgan fingerprint density at radius 1 is 1.10 bits per heavy atom. The summed E-state index contributed by atoms with van der Waals surface area (Å²) in [6, 6.07) is 14.3. The Labute approximate surface area is 128 Å². The van der Waals surface area contributed by atoms with Gasteiger partial charge in [-0.05, 0) is 38.8 Å². The molecule has 0 N–H and O–H groups in total. The van der Waals surface area contributed by atoms with E-state index in [-0.39, 0.29) is 11.6 Å². The van der Waals surface area contributed by atoms with Crippen LogP contribution in [0.3, 0.4) is 0 Å². The molecule has 3 rings (SSSR count). The van der Waals surface area contributed by atoms with Crippen molar-refractivity contribution in [2.45, 2.75) is 0 Å². The fraction of sp³-hybridized carbons (Fsp3) is 0. The third kappa shape index (κ3) is 2.57. The number of aromatic nitrogens is 1. The van der Waals surface area contributed by atoms with E-state index in [1.807, 2.05) is 30.3 Å². The standard InChI is InChI=1S/C15H9BrN2O3/c16-14-11-5-2-1-4-10(11)7-8-13(14)21-15-12(18(19)20)6-3-9-17-15/h1-9H. The molecule has 3 aromatic rings. The molecule has 0 atom stereocenters. The van der Waals surface area contributed by atoms with E-state index in [4.69, 9.17) is 4.74 Å². The third-order valence-corrected chi connectivity index (χ3v) is 3.80. The number of pyridine rings is 1. The maximum Gasteiger partial charge on any atom is 0.331 e. The van der Waals surface area contributed by atoms with Gasteiger partial charge in [0.2, 0.25) is 0 Å². The molecule has 1 heterocycles. The van der Waals surface area contributed by atoms with Crippen molar-refractivity contribution in [2.75, 3.05) is 0 Å². The Kier molecular flexibility index (Phi) is 3.53. The van der Waals surface area contributed by atoms with E-state index in [2.05, 4.69) is 20.9 Å². The molecule has 0 amide bonds. The topological polar surface area (TPSA) is 65.3 Å². The highest BCUT2D eigenvalue weighted by Gasteiger charge is 2.18. The number of nitrogens with zero attached hydrogens (tertiary/aromatic N) is 2. The van der Waals surface area contributed by atoms with E-state index < -0.39 is 4.92 Å². The van der Waals surface area contributed by atoms with Gasteiger partial charge in [0.15, 0.2) is 0 Å². The molecule has 21 heavy (non-hydrogen) atoms. The van der Waals surface area contributed by atoms with Crippen molar-refractivity contribution >= 4 is 32.4 Å². The quantitative estimate of drug-likeness (QED) is 0.510. The third-order valence-electron chi connectivity index (χ3n) is 2.98. The number of rotatable bonds is 3. The van der Waals surface area contributed by atoms with Gasteiger partial charge < -0.3 is 4.74 Å². The Morgan fingerprint density at radius 2 is 1.90 bits per heavy atom. The number of hydrogen-bond acceptors (Lipinski definition) is 4. The zero-order valence-corrected chi connectivity index (χ0v) is 12.3. The minimum absolute atomic E-state index is 0.0292. The van der Waals surface area contributed by atoms with Crippen LogP contribution in [0.15, 0.2) is 59.2 Å². The minimum atomic E-state index is -0.517. The fourth-order valence-corrected chi connectivity index (χ4v) is 2.57. The first-order chi connectivity index (χ1) is 10.2. The molecular weight excluding hydrogens is 336 g/mol. The molecule has 104 valence electrons. The van der Waals surface area contributed by atoms with Gasteiger partial charge in [-0.15, -0.1) is 0 Å². The molecule has 0 spiro atoms.